The maximum Gasteiger partial charge on any atom is 0.294 e. The number of nitro groups is 1. The maximum atomic E-state index is 12.9. The fourth-order valence-corrected chi connectivity index (χ4v) is 10.4. The van der Waals surface area contributed by atoms with Gasteiger partial charge < -0.3 is 16.4 Å². The number of sulfonamides is 2. The van der Waals surface area contributed by atoms with Gasteiger partial charge in [0.1, 0.15) is 5.69 Å². The van der Waals surface area contributed by atoms with E-state index < -0.39 is 25.0 Å². The molecule has 0 radical (unpaired) electrons. The summed E-state index contributed by atoms with van der Waals surface area (Å²) in [6.07, 6.45) is 1.91. The van der Waals surface area contributed by atoms with Gasteiger partial charge >= 0.3 is 0 Å². The Hall–Kier alpha value is -6.46. The molecule has 0 saturated carbocycles. The third-order valence-electron chi connectivity index (χ3n) is 11.5. The monoisotopic (exact) mass is 902 g/mol. The molecule has 0 bridgehead atoms. The van der Waals surface area contributed by atoms with Crippen molar-refractivity contribution < 1.29 is 21.8 Å². The van der Waals surface area contributed by atoms with E-state index >= 15 is 0 Å². The minimum absolute atomic E-state index is 0.0732. The van der Waals surface area contributed by atoms with Crippen LogP contribution in [0.1, 0.15) is 24.0 Å². The number of nitro benzene ring substituents is 1. The van der Waals surface area contributed by atoms with Crippen molar-refractivity contribution in [3.8, 4) is 0 Å². The van der Waals surface area contributed by atoms with E-state index in [4.69, 9.17) is 5.73 Å². The van der Waals surface area contributed by atoms with Crippen LogP contribution in [0.2, 0.25) is 0 Å². The molecular weight excluding hydrogens is 849 g/mol. The Balaban J connectivity index is 0.000000192. The van der Waals surface area contributed by atoms with Gasteiger partial charge in [-0.05, 0) is 78.6 Å². The van der Waals surface area contributed by atoms with Crippen molar-refractivity contribution >= 4 is 54.2 Å². The van der Waals surface area contributed by atoms with Crippen LogP contribution >= 0.6 is 0 Å². The second kappa shape index (κ2) is 20.4. The van der Waals surface area contributed by atoms with E-state index in [0.717, 1.165) is 62.1 Å². The molecule has 0 amide bonds. The number of nitrogens with one attached hydrogen (secondary N) is 2. The number of rotatable bonds is 15. The molecule has 8 rings (SSSR count). The van der Waals surface area contributed by atoms with Gasteiger partial charge in [0, 0.05) is 71.5 Å². The molecule has 4 N–H and O–H groups in total. The number of hydrogen-bond acceptors (Lipinski definition) is 11. The molecule has 0 aliphatic carbocycles. The lowest BCUT2D eigenvalue weighted by atomic mass is 10.2. The van der Waals surface area contributed by atoms with Crippen molar-refractivity contribution in [2.45, 2.75) is 47.8 Å². The van der Waals surface area contributed by atoms with Crippen molar-refractivity contribution in [2.24, 2.45) is 0 Å². The van der Waals surface area contributed by atoms with Crippen molar-refractivity contribution in [3.63, 3.8) is 0 Å². The third kappa shape index (κ3) is 11.2. The van der Waals surface area contributed by atoms with Crippen molar-refractivity contribution in [2.75, 3.05) is 65.3 Å². The Bertz CT molecular complexity index is 2720. The Labute approximate surface area is 376 Å². The van der Waals surface area contributed by atoms with Crippen LogP contribution in [0.5, 0.6) is 0 Å². The summed E-state index contributed by atoms with van der Waals surface area (Å²) in [4.78, 5) is 16.4. The standard InChI is InChI=1S/C24H26N4O4S.C24H28N4O2S/c1-26(33(31,32)22-10-6-3-7-11-22)21-12-13-23(24(16-21)28(29)30)25-20-14-15-27(18-20)17-19-8-4-2-5-9-19;1-27(31(29,30)22-10-6-3-7-11-22)21-12-13-24(23(25)16-21)26-20-14-15-28(18-20)17-19-8-4-2-5-9-19/h2-13,16,20,25H,14-15,17-18H2,1H3;2-13,16,20,26H,14-15,17-18,25H2,1H3. The van der Waals surface area contributed by atoms with Gasteiger partial charge in [-0.25, -0.2) is 16.8 Å². The average molecular weight is 903 g/mol. The molecule has 2 heterocycles. The van der Waals surface area contributed by atoms with E-state index in [9.17, 15) is 26.9 Å². The highest BCUT2D eigenvalue weighted by molar-refractivity contribution is 7.93. The van der Waals surface area contributed by atoms with Crippen molar-refractivity contribution in [1.29, 1.82) is 0 Å². The predicted molar refractivity (Wildman–Crippen MR) is 256 cm³/mol. The van der Waals surface area contributed by atoms with Crippen molar-refractivity contribution in [1.82, 2.24) is 9.80 Å². The molecule has 2 aliphatic rings. The Morgan fingerprint density at radius 2 is 0.984 bits per heavy atom. The number of likely N-dealkylation sites (tertiary alicyclic amines) is 2. The van der Waals surface area contributed by atoms with Crippen LogP contribution in [0.4, 0.5) is 34.1 Å². The summed E-state index contributed by atoms with van der Waals surface area (Å²) in [5.74, 6) is 0. The highest BCUT2D eigenvalue weighted by Crippen LogP contribution is 2.34. The zero-order valence-corrected chi connectivity index (χ0v) is 37.5. The SMILES string of the molecule is CN(c1ccc(NC2CCN(Cc3ccccc3)C2)c(N)c1)S(=O)(=O)c1ccccc1.CN(c1ccc(NC2CCN(Cc3ccccc3)C2)c([N+](=O)[O-])c1)S(=O)(=O)c1ccccc1. The Morgan fingerprint density at radius 1 is 0.594 bits per heavy atom. The number of anilines is 5. The number of benzene rings is 6. The maximum absolute atomic E-state index is 12.9. The second-order valence-electron chi connectivity index (χ2n) is 16.0. The predicted octanol–water partition coefficient (Wildman–Crippen LogP) is 7.89. The fourth-order valence-electron chi connectivity index (χ4n) is 7.96. The van der Waals surface area contributed by atoms with Gasteiger partial charge in [0.25, 0.3) is 25.7 Å². The summed E-state index contributed by atoms with van der Waals surface area (Å²) < 4.78 is 53.8. The molecule has 2 unspecified atom stereocenters. The summed E-state index contributed by atoms with van der Waals surface area (Å²) in [6, 6.07) is 47.3. The highest BCUT2D eigenvalue weighted by atomic mass is 32.2. The van der Waals surface area contributed by atoms with Crippen LogP contribution in [-0.2, 0) is 33.1 Å². The quantitative estimate of drug-likeness (QED) is 0.0520. The van der Waals surface area contributed by atoms with Gasteiger partial charge in [-0.1, -0.05) is 97.1 Å². The molecule has 2 atom stereocenters. The molecule has 0 spiro atoms. The topological polar surface area (TPSA) is 174 Å². The minimum Gasteiger partial charge on any atom is -0.397 e. The van der Waals surface area contributed by atoms with Gasteiger partial charge in [-0.3, -0.25) is 28.5 Å². The molecule has 16 heteroatoms. The normalized spacial score (nSPS) is 16.7. The summed E-state index contributed by atoms with van der Waals surface area (Å²) >= 11 is 0. The third-order valence-corrected chi connectivity index (χ3v) is 15.1. The van der Waals surface area contributed by atoms with E-state index in [0.29, 0.717) is 23.1 Å². The van der Waals surface area contributed by atoms with Crippen molar-refractivity contribution in [3.05, 3.63) is 179 Å². The highest BCUT2D eigenvalue weighted by Gasteiger charge is 2.28. The van der Waals surface area contributed by atoms with E-state index in [1.165, 1.54) is 40.7 Å². The Morgan fingerprint density at radius 3 is 1.41 bits per heavy atom. The summed E-state index contributed by atoms with van der Waals surface area (Å²) in [5, 5.41) is 18.6. The lowest BCUT2D eigenvalue weighted by molar-refractivity contribution is -0.383. The summed E-state index contributed by atoms with van der Waals surface area (Å²) in [6.45, 7) is 5.42. The largest absolute Gasteiger partial charge is 0.397 e. The molecule has 0 aromatic heterocycles. The average Bonchev–Trinajstić information content (AvgIpc) is 3.96. The van der Waals surface area contributed by atoms with Gasteiger partial charge in [0.2, 0.25) is 0 Å². The molecule has 6 aromatic rings. The summed E-state index contributed by atoms with van der Waals surface area (Å²) in [7, 11) is -4.51. The lowest BCUT2D eigenvalue weighted by Crippen LogP contribution is -2.27. The fraction of sp³-hybridized carbons (Fsp3) is 0.250. The summed E-state index contributed by atoms with van der Waals surface area (Å²) in [5.41, 5.74) is 11.2. The molecule has 2 fully saturated rings. The van der Waals surface area contributed by atoms with Crippen LogP contribution in [0.3, 0.4) is 0 Å². The van der Waals surface area contributed by atoms with E-state index in [1.54, 1.807) is 79.8 Å². The number of nitrogens with zero attached hydrogens (tertiary/aromatic N) is 5. The molecular formula is C48H54N8O6S2. The Kier molecular flexibility index (Phi) is 14.5. The second-order valence-corrected chi connectivity index (χ2v) is 19.9. The van der Waals surface area contributed by atoms with Crippen LogP contribution in [0, 0.1) is 10.1 Å². The molecule has 14 nitrogen and oxygen atoms in total. The van der Waals surface area contributed by atoms with Gasteiger partial charge in [-0.15, -0.1) is 0 Å². The van der Waals surface area contributed by atoms with Crippen LogP contribution in [-0.4, -0.2) is 83.9 Å². The first-order chi connectivity index (χ1) is 30.8. The van der Waals surface area contributed by atoms with Crippen LogP contribution in [0.15, 0.2) is 168 Å². The lowest BCUT2D eigenvalue weighted by Gasteiger charge is -2.22. The molecule has 2 aliphatic heterocycles. The van der Waals surface area contributed by atoms with Gasteiger partial charge in [-0.2, -0.15) is 0 Å². The molecule has 64 heavy (non-hydrogen) atoms. The number of nitrogen functional groups attached to an aromatic ring is 1. The smallest absolute Gasteiger partial charge is 0.294 e. The molecule has 334 valence electrons. The first-order valence-electron chi connectivity index (χ1n) is 21.1. The number of nitrogens with two attached hydrogens (primary N) is 1. The zero-order valence-electron chi connectivity index (χ0n) is 35.9. The van der Waals surface area contributed by atoms with Gasteiger partial charge in [0.15, 0.2) is 0 Å². The van der Waals surface area contributed by atoms with E-state index in [1.807, 2.05) is 30.3 Å². The van der Waals surface area contributed by atoms with E-state index in [2.05, 4.69) is 56.8 Å². The van der Waals surface area contributed by atoms with Crippen LogP contribution in [0.25, 0.3) is 0 Å². The first kappa shape index (κ1) is 45.6. The molecule has 2 saturated heterocycles. The van der Waals surface area contributed by atoms with Gasteiger partial charge in [0.05, 0.1) is 37.5 Å². The van der Waals surface area contributed by atoms with E-state index in [-0.39, 0.29) is 27.2 Å². The van der Waals surface area contributed by atoms with Crippen LogP contribution < -0.4 is 25.0 Å². The minimum atomic E-state index is -3.82. The molecule has 6 aromatic carbocycles. The number of hydrogen-bond donors (Lipinski definition) is 3. The zero-order chi connectivity index (χ0) is 45.3. The first-order valence-corrected chi connectivity index (χ1v) is 24.0.